The van der Waals surface area contributed by atoms with Crippen LogP contribution in [-0.2, 0) is 6.54 Å². The van der Waals surface area contributed by atoms with Crippen LogP contribution in [0.25, 0.3) is 0 Å². The van der Waals surface area contributed by atoms with Gasteiger partial charge in [-0.2, -0.15) is 0 Å². The van der Waals surface area contributed by atoms with Crippen molar-refractivity contribution in [2.75, 3.05) is 12.3 Å². The molecule has 100 valence electrons. The summed E-state index contributed by atoms with van der Waals surface area (Å²) in [4.78, 5) is 1.32. The smallest absolute Gasteiger partial charge is 0.0438 e. The number of nitrogens with one attached hydrogen (secondary N) is 1. The Hall–Kier alpha value is -0.960. The molecular formula is C16H18ClNS. The summed E-state index contributed by atoms with van der Waals surface area (Å²) in [6.45, 7) is 3.89. The van der Waals surface area contributed by atoms with Crippen LogP contribution >= 0.6 is 23.4 Å². The molecule has 2 rings (SSSR count). The molecule has 2 aromatic rings. The third kappa shape index (κ3) is 4.90. The highest BCUT2D eigenvalue weighted by Crippen LogP contribution is 2.17. The van der Waals surface area contributed by atoms with E-state index >= 15 is 0 Å². The lowest BCUT2D eigenvalue weighted by molar-refractivity contribution is 0.732. The summed E-state index contributed by atoms with van der Waals surface area (Å²) in [5.74, 6) is 1.07. The Kier molecular flexibility index (Phi) is 5.77. The van der Waals surface area contributed by atoms with Gasteiger partial charge in [0.05, 0.1) is 0 Å². The first-order valence-corrected chi connectivity index (χ1v) is 7.75. The number of hydrogen-bond acceptors (Lipinski definition) is 2. The van der Waals surface area contributed by atoms with Crippen LogP contribution in [0.4, 0.5) is 0 Å². The predicted molar refractivity (Wildman–Crippen MR) is 85.1 cm³/mol. The zero-order chi connectivity index (χ0) is 13.5. The van der Waals surface area contributed by atoms with E-state index in [1.165, 1.54) is 10.5 Å². The molecule has 0 bridgehead atoms. The number of rotatable bonds is 6. The van der Waals surface area contributed by atoms with E-state index in [1.807, 2.05) is 30.8 Å². The van der Waals surface area contributed by atoms with Crippen LogP contribution in [0.2, 0.25) is 5.02 Å². The molecule has 0 spiro atoms. The van der Waals surface area contributed by atoms with E-state index in [1.54, 1.807) is 0 Å². The van der Waals surface area contributed by atoms with Crippen LogP contribution in [0, 0.1) is 6.92 Å². The van der Waals surface area contributed by atoms with Crippen molar-refractivity contribution in [2.45, 2.75) is 18.4 Å². The van der Waals surface area contributed by atoms with Crippen LogP contribution in [-0.4, -0.2) is 12.3 Å². The van der Waals surface area contributed by atoms with Gasteiger partial charge in [0, 0.05) is 28.8 Å². The maximum absolute atomic E-state index is 6.10. The second kappa shape index (κ2) is 7.59. The Labute approximate surface area is 124 Å². The highest BCUT2D eigenvalue weighted by atomic mass is 35.5. The van der Waals surface area contributed by atoms with Crippen molar-refractivity contribution in [1.29, 1.82) is 0 Å². The van der Waals surface area contributed by atoms with E-state index in [0.29, 0.717) is 0 Å². The molecule has 0 aromatic heterocycles. The maximum Gasteiger partial charge on any atom is 0.0438 e. The predicted octanol–water partition coefficient (Wildman–Crippen LogP) is 4.53. The van der Waals surface area contributed by atoms with Crippen molar-refractivity contribution in [3.05, 3.63) is 64.7 Å². The summed E-state index contributed by atoms with van der Waals surface area (Å²) in [6, 6.07) is 16.7. The van der Waals surface area contributed by atoms with Gasteiger partial charge in [-0.1, -0.05) is 41.9 Å². The molecule has 0 saturated heterocycles. The lowest BCUT2D eigenvalue weighted by Crippen LogP contribution is -2.16. The molecule has 3 heteroatoms. The maximum atomic E-state index is 6.10. The molecule has 0 aliphatic carbocycles. The molecule has 0 unspecified atom stereocenters. The molecular weight excluding hydrogens is 274 g/mol. The number of benzene rings is 2. The third-order valence-corrected chi connectivity index (χ3v) is 4.28. The molecule has 0 aliphatic rings. The van der Waals surface area contributed by atoms with Gasteiger partial charge >= 0.3 is 0 Å². The first-order valence-electron chi connectivity index (χ1n) is 6.39. The third-order valence-electron chi connectivity index (χ3n) is 2.86. The fourth-order valence-corrected chi connectivity index (χ4v) is 2.77. The average Bonchev–Trinajstić information content (AvgIpc) is 2.43. The van der Waals surface area contributed by atoms with Crippen molar-refractivity contribution < 1.29 is 0 Å². The Balaban J connectivity index is 1.68. The van der Waals surface area contributed by atoms with Gasteiger partial charge in [0.2, 0.25) is 0 Å². The molecule has 2 aromatic carbocycles. The second-order valence-corrected chi connectivity index (χ2v) is 6.00. The van der Waals surface area contributed by atoms with E-state index in [0.717, 1.165) is 29.4 Å². The average molecular weight is 292 g/mol. The van der Waals surface area contributed by atoms with E-state index in [2.05, 4.69) is 41.7 Å². The number of thioether (sulfide) groups is 1. The summed E-state index contributed by atoms with van der Waals surface area (Å²) < 4.78 is 0. The zero-order valence-corrected chi connectivity index (χ0v) is 12.6. The van der Waals surface area contributed by atoms with Gasteiger partial charge < -0.3 is 5.32 Å². The Morgan fingerprint density at radius 1 is 1.11 bits per heavy atom. The summed E-state index contributed by atoms with van der Waals surface area (Å²) in [7, 11) is 0. The lowest BCUT2D eigenvalue weighted by atomic mass is 10.1. The van der Waals surface area contributed by atoms with Crippen molar-refractivity contribution in [1.82, 2.24) is 5.32 Å². The van der Waals surface area contributed by atoms with Crippen molar-refractivity contribution in [3.8, 4) is 0 Å². The van der Waals surface area contributed by atoms with Gasteiger partial charge in [-0.25, -0.2) is 0 Å². The molecule has 0 aliphatic heterocycles. The van der Waals surface area contributed by atoms with Crippen LogP contribution in [0.1, 0.15) is 11.1 Å². The number of aryl methyl sites for hydroxylation is 1. The largest absolute Gasteiger partial charge is 0.312 e. The van der Waals surface area contributed by atoms with Crippen molar-refractivity contribution >= 4 is 23.4 Å². The fourth-order valence-electron chi connectivity index (χ4n) is 1.74. The van der Waals surface area contributed by atoms with E-state index < -0.39 is 0 Å². The summed E-state index contributed by atoms with van der Waals surface area (Å²) >= 11 is 7.97. The molecule has 0 atom stereocenters. The van der Waals surface area contributed by atoms with Gasteiger partial charge in [0.15, 0.2) is 0 Å². The van der Waals surface area contributed by atoms with Crippen LogP contribution in [0.3, 0.4) is 0 Å². The van der Waals surface area contributed by atoms with E-state index in [4.69, 9.17) is 11.6 Å². The minimum atomic E-state index is 0.845. The van der Waals surface area contributed by atoms with Crippen molar-refractivity contribution in [3.63, 3.8) is 0 Å². The van der Waals surface area contributed by atoms with Crippen LogP contribution < -0.4 is 5.32 Å². The zero-order valence-electron chi connectivity index (χ0n) is 11.0. The summed E-state index contributed by atoms with van der Waals surface area (Å²) in [5, 5.41) is 4.28. The molecule has 0 radical (unpaired) electrons. The molecule has 0 saturated carbocycles. The van der Waals surface area contributed by atoms with Crippen LogP contribution in [0.15, 0.2) is 53.4 Å². The van der Waals surface area contributed by atoms with Gasteiger partial charge in [-0.05, 0) is 36.2 Å². The second-order valence-electron chi connectivity index (χ2n) is 4.42. The van der Waals surface area contributed by atoms with E-state index in [-0.39, 0.29) is 0 Å². The van der Waals surface area contributed by atoms with Gasteiger partial charge in [0.25, 0.3) is 0 Å². The standard InChI is InChI=1S/C16H18ClNS/c1-13-7-8-14(11-16(13)17)12-18-9-10-19-15-5-3-2-4-6-15/h2-8,11,18H,9-10,12H2,1H3. The molecule has 19 heavy (non-hydrogen) atoms. The Morgan fingerprint density at radius 3 is 2.63 bits per heavy atom. The lowest BCUT2D eigenvalue weighted by Gasteiger charge is -2.06. The number of halogens is 1. The Bertz CT molecular complexity index is 513. The number of hydrogen-bond donors (Lipinski definition) is 1. The minimum absolute atomic E-state index is 0.845. The molecule has 0 heterocycles. The first-order chi connectivity index (χ1) is 9.25. The monoisotopic (exact) mass is 291 g/mol. The normalized spacial score (nSPS) is 10.6. The summed E-state index contributed by atoms with van der Waals surface area (Å²) in [6.07, 6.45) is 0. The SMILES string of the molecule is Cc1ccc(CNCCSc2ccccc2)cc1Cl. The molecule has 1 nitrogen and oxygen atoms in total. The Morgan fingerprint density at radius 2 is 1.89 bits per heavy atom. The van der Waals surface area contributed by atoms with Crippen molar-refractivity contribution in [2.24, 2.45) is 0 Å². The van der Waals surface area contributed by atoms with Crippen LogP contribution in [0.5, 0.6) is 0 Å². The van der Waals surface area contributed by atoms with E-state index in [9.17, 15) is 0 Å². The molecule has 0 amide bonds. The molecule has 1 N–H and O–H groups in total. The molecule has 0 fully saturated rings. The van der Waals surface area contributed by atoms with Gasteiger partial charge in [-0.3, -0.25) is 0 Å². The highest BCUT2D eigenvalue weighted by Gasteiger charge is 1.98. The van der Waals surface area contributed by atoms with Gasteiger partial charge in [0.1, 0.15) is 0 Å². The minimum Gasteiger partial charge on any atom is -0.312 e. The quantitative estimate of drug-likeness (QED) is 0.620. The topological polar surface area (TPSA) is 12.0 Å². The van der Waals surface area contributed by atoms with Gasteiger partial charge in [-0.15, -0.1) is 11.8 Å². The fraction of sp³-hybridized carbons (Fsp3) is 0.250. The highest BCUT2D eigenvalue weighted by molar-refractivity contribution is 7.99. The summed E-state index contributed by atoms with van der Waals surface area (Å²) in [5.41, 5.74) is 2.37. The first kappa shape index (κ1) is 14.4.